The lowest BCUT2D eigenvalue weighted by molar-refractivity contribution is 0.0511. The van der Waals surface area contributed by atoms with Gasteiger partial charge >= 0.3 is 0 Å². The van der Waals surface area contributed by atoms with Crippen molar-refractivity contribution < 1.29 is 9.47 Å². The minimum atomic E-state index is 0.121. The second-order valence-corrected chi connectivity index (χ2v) is 9.56. The van der Waals surface area contributed by atoms with Gasteiger partial charge < -0.3 is 9.47 Å². The van der Waals surface area contributed by atoms with Crippen LogP contribution in [0.25, 0.3) is 22.4 Å². The predicted molar refractivity (Wildman–Crippen MR) is 125 cm³/mol. The van der Waals surface area contributed by atoms with E-state index in [0.29, 0.717) is 16.5 Å². The van der Waals surface area contributed by atoms with Gasteiger partial charge in [-0.25, -0.2) is 4.98 Å². The van der Waals surface area contributed by atoms with Crippen molar-refractivity contribution in [2.75, 3.05) is 13.9 Å². The number of pyridine rings is 1. The number of thioether (sulfide) groups is 1. The van der Waals surface area contributed by atoms with Gasteiger partial charge in [0, 0.05) is 37.0 Å². The molecule has 1 saturated carbocycles. The Balaban J connectivity index is 1.75. The number of nitriles is 1. The minimum Gasteiger partial charge on any atom is -0.468 e. The summed E-state index contributed by atoms with van der Waals surface area (Å²) in [5.41, 5.74) is 4.04. The maximum absolute atomic E-state index is 9.99. The zero-order valence-electron chi connectivity index (χ0n) is 17.5. The monoisotopic (exact) mass is 452 g/mol. The molecule has 3 aromatic rings. The van der Waals surface area contributed by atoms with Crippen LogP contribution in [0.2, 0.25) is 0 Å². The van der Waals surface area contributed by atoms with Crippen LogP contribution >= 0.6 is 24.4 Å². The van der Waals surface area contributed by atoms with Gasteiger partial charge in [0.05, 0.1) is 22.0 Å². The largest absolute Gasteiger partial charge is 0.468 e. The minimum absolute atomic E-state index is 0.121. The molecule has 31 heavy (non-hydrogen) atoms. The molecule has 0 saturated heterocycles. The van der Waals surface area contributed by atoms with Crippen LogP contribution in [0, 0.1) is 17.2 Å². The van der Waals surface area contributed by atoms with Gasteiger partial charge in [-0.15, -0.1) is 0 Å². The first-order valence-corrected chi connectivity index (χ1v) is 11.5. The summed E-state index contributed by atoms with van der Waals surface area (Å²) in [6, 6.07) is 12.0. The number of hydrogen-bond acceptors (Lipinski definition) is 7. The topological polar surface area (TPSA) is 73.0 Å². The molecule has 1 aliphatic carbocycles. The maximum Gasteiger partial charge on any atom is 0.188 e. The quantitative estimate of drug-likeness (QED) is 0.289. The Morgan fingerprint density at radius 2 is 2.06 bits per heavy atom. The molecular weight excluding hydrogens is 428 g/mol. The van der Waals surface area contributed by atoms with Crippen LogP contribution < -0.4 is 4.74 Å². The molecule has 6 nitrogen and oxygen atoms in total. The SMILES string of the molecule is COCOc1ccc(-c2cc(-c3cnn(C)c3)c(C#N)c(SC(S)C3CCC3)n2)cc1. The summed E-state index contributed by atoms with van der Waals surface area (Å²) >= 11 is 6.40. The van der Waals surface area contributed by atoms with Gasteiger partial charge in [-0.2, -0.15) is 23.0 Å². The molecule has 1 aromatic carbocycles. The first kappa shape index (κ1) is 21.8. The predicted octanol–water partition coefficient (Wildman–Crippen LogP) is 5.15. The number of methoxy groups -OCH3 is 1. The summed E-state index contributed by atoms with van der Waals surface area (Å²) in [6.07, 6.45) is 7.31. The second kappa shape index (κ2) is 9.77. The summed E-state index contributed by atoms with van der Waals surface area (Å²) < 4.78 is 12.3. The number of aromatic nitrogens is 3. The third-order valence-electron chi connectivity index (χ3n) is 5.39. The summed E-state index contributed by atoms with van der Waals surface area (Å²) in [5.74, 6) is 1.28. The molecule has 0 radical (unpaired) electrons. The molecule has 2 heterocycles. The molecule has 4 rings (SSSR count). The standard InChI is InChI=1S/C23H24N4O2S2/c1-27-13-17(12-25-27)19-10-21(15-6-8-18(9-7-15)29-14-28-2)26-22(20(19)11-24)31-23(30)16-4-3-5-16/h6-10,12-13,16,23,30H,3-5,14H2,1-2H3. The Kier molecular flexibility index (Phi) is 6.86. The van der Waals surface area contributed by atoms with E-state index in [1.54, 1.807) is 29.8 Å². The molecular formula is C23H24N4O2S2. The van der Waals surface area contributed by atoms with Crippen LogP contribution in [0.15, 0.2) is 47.8 Å². The van der Waals surface area contributed by atoms with Crippen molar-refractivity contribution in [2.24, 2.45) is 13.0 Å². The number of ether oxygens (including phenoxy) is 2. The normalized spacial score (nSPS) is 14.6. The highest BCUT2D eigenvalue weighted by Crippen LogP contribution is 2.43. The van der Waals surface area contributed by atoms with Crippen molar-refractivity contribution in [3.63, 3.8) is 0 Å². The van der Waals surface area contributed by atoms with E-state index in [9.17, 15) is 5.26 Å². The van der Waals surface area contributed by atoms with Crippen molar-refractivity contribution >= 4 is 24.4 Å². The Morgan fingerprint density at radius 3 is 2.65 bits per heavy atom. The Bertz CT molecular complexity index is 1090. The van der Waals surface area contributed by atoms with E-state index in [0.717, 1.165) is 28.1 Å². The molecule has 1 aliphatic rings. The van der Waals surface area contributed by atoms with Gasteiger partial charge in [0.2, 0.25) is 0 Å². The zero-order valence-corrected chi connectivity index (χ0v) is 19.2. The first-order chi connectivity index (χ1) is 15.1. The van der Waals surface area contributed by atoms with Crippen molar-refractivity contribution in [1.29, 1.82) is 5.26 Å². The molecule has 0 spiro atoms. The highest BCUT2D eigenvalue weighted by molar-refractivity contribution is 8.10. The fourth-order valence-electron chi connectivity index (χ4n) is 3.44. The molecule has 0 bridgehead atoms. The Hall–Kier alpha value is -2.47. The average Bonchev–Trinajstić information content (AvgIpc) is 3.17. The van der Waals surface area contributed by atoms with E-state index >= 15 is 0 Å². The van der Waals surface area contributed by atoms with Crippen LogP contribution in [0.4, 0.5) is 0 Å². The maximum atomic E-state index is 9.99. The second-order valence-electron chi connectivity index (χ2n) is 7.52. The van der Waals surface area contributed by atoms with E-state index in [2.05, 4.69) is 11.2 Å². The third kappa shape index (κ3) is 4.90. The van der Waals surface area contributed by atoms with Crippen LogP contribution in [-0.4, -0.2) is 33.2 Å². The zero-order chi connectivity index (χ0) is 21.8. The highest BCUT2D eigenvalue weighted by Gasteiger charge is 2.27. The van der Waals surface area contributed by atoms with E-state index in [-0.39, 0.29) is 11.4 Å². The fourth-order valence-corrected chi connectivity index (χ4v) is 5.15. The van der Waals surface area contributed by atoms with Gasteiger partial charge in [0.1, 0.15) is 16.8 Å². The van der Waals surface area contributed by atoms with Crippen LogP contribution in [0.1, 0.15) is 24.8 Å². The molecule has 160 valence electrons. The highest BCUT2D eigenvalue weighted by atomic mass is 32.2. The van der Waals surface area contributed by atoms with Crippen molar-refractivity contribution in [1.82, 2.24) is 14.8 Å². The molecule has 0 N–H and O–H groups in total. The number of nitrogens with zero attached hydrogens (tertiary/aromatic N) is 4. The van der Waals surface area contributed by atoms with Crippen LogP contribution in [0.3, 0.4) is 0 Å². The lowest BCUT2D eigenvalue weighted by Gasteiger charge is -2.30. The van der Waals surface area contributed by atoms with Gasteiger partial charge in [-0.1, -0.05) is 18.2 Å². The van der Waals surface area contributed by atoms with Gasteiger partial charge in [0.25, 0.3) is 0 Å². The Morgan fingerprint density at radius 1 is 1.29 bits per heavy atom. The smallest absolute Gasteiger partial charge is 0.188 e. The number of benzene rings is 1. The van der Waals surface area contributed by atoms with Gasteiger partial charge in [-0.05, 0) is 49.1 Å². The van der Waals surface area contributed by atoms with Crippen LogP contribution in [0.5, 0.6) is 5.75 Å². The fraction of sp³-hybridized carbons (Fsp3) is 0.348. The average molecular weight is 453 g/mol. The molecule has 2 aromatic heterocycles. The number of thiol groups is 1. The van der Waals surface area contributed by atoms with E-state index in [1.165, 1.54) is 19.3 Å². The van der Waals surface area contributed by atoms with E-state index in [1.807, 2.05) is 43.6 Å². The number of rotatable bonds is 8. The molecule has 0 amide bonds. The molecule has 8 heteroatoms. The van der Waals surface area contributed by atoms with Crippen molar-refractivity contribution in [3.05, 3.63) is 48.3 Å². The summed E-state index contributed by atoms with van der Waals surface area (Å²) in [6.45, 7) is 0.199. The van der Waals surface area contributed by atoms with Crippen molar-refractivity contribution in [3.8, 4) is 34.2 Å². The number of aryl methyl sites for hydroxylation is 1. The Labute approximate surface area is 192 Å². The van der Waals surface area contributed by atoms with Gasteiger partial charge in [-0.3, -0.25) is 4.68 Å². The lowest BCUT2D eigenvalue weighted by Crippen LogP contribution is -2.20. The van der Waals surface area contributed by atoms with E-state index in [4.69, 9.17) is 27.1 Å². The summed E-state index contributed by atoms with van der Waals surface area (Å²) in [4.78, 5) is 4.88. The summed E-state index contributed by atoms with van der Waals surface area (Å²) in [7, 11) is 3.46. The number of hydrogen-bond donors (Lipinski definition) is 1. The molecule has 0 aliphatic heterocycles. The van der Waals surface area contributed by atoms with Gasteiger partial charge in [0.15, 0.2) is 6.79 Å². The molecule has 1 atom stereocenters. The molecule has 1 unspecified atom stereocenters. The third-order valence-corrected chi connectivity index (χ3v) is 7.28. The first-order valence-electron chi connectivity index (χ1n) is 10.1. The van der Waals surface area contributed by atoms with E-state index < -0.39 is 0 Å². The van der Waals surface area contributed by atoms with Crippen LogP contribution in [-0.2, 0) is 11.8 Å². The van der Waals surface area contributed by atoms with Crippen molar-refractivity contribution in [2.45, 2.75) is 28.9 Å². The summed E-state index contributed by atoms with van der Waals surface area (Å²) in [5, 5.41) is 15.0. The molecule has 1 fully saturated rings. The lowest BCUT2D eigenvalue weighted by atomic mass is 9.87.